The van der Waals surface area contributed by atoms with E-state index in [1.54, 1.807) is 10.9 Å². The molecule has 3 nitrogen and oxygen atoms in total. The van der Waals surface area contributed by atoms with Crippen molar-refractivity contribution in [3.63, 3.8) is 0 Å². The van der Waals surface area contributed by atoms with Crippen LogP contribution in [-0.2, 0) is 0 Å². The molecule has 0 aliphatic heterocycles. The quantitative estimate of drug-likeness (QED) is 0.668. The van der Waals surface area contributed by atoms with Crippen LogP contribution in [0.15, 0.2) is 36.7 Å². The number of hydrogen-bond donors (Lipinski definition) is 1. The van der Waals surface area contributed by atoms with Crippen LogP contribution in [0.25, 0.3) is 5.69 Å². The van der Waals surface area contributed by atoms with E-state index in [0.29, 0.717) is 0 Å². The zero-order valence-electron chi connectivity index (χ0n) is 7.44. The fraction of sp³-hybridized carbons (Fsp3) is 0.100. The summed E-state index contributed by atoms with van der Waals surface area (Å²) < 4.78 is 1.78. The van der Waals surface area contributed by atoms with Gasteiger partial charge in [-0.25, -0.2) is 4.68 Å². The third-order valence-corrected chi connectivity index (χ3v) is 2.00. The number of aryl methyl sites for hydroxylation is 1. The van der Waals surface area contributed by atoms with E-state index in [9.17, 15) is 0 Å². The molecule has 0 amide bonds. The van der Waals surface area contributed by atoms with Gasteiger partial charge in [-0.2, -0.15) is 5.10 Å². The Kier molecular flexibility index (Phi) is 1.77. The Morgan fingerprint density at radius 3 is 2.77 bits per heavy atom. The first-order valence-corrected chi connectivity index (χ1v) is 4.14. The summed E-state index contributed by atoms with van der Waals surface area (Å²) in [7, 11) is 0. The summed E-state index contributed by atoms with van der Waals surface area (Å²) >= 11 is 0. The number of hydrogen-bond acceptors (Lipinski definition) is 2. The maximum absolute atomic E-state index is 5.85. The van der Waals surface area contributed by atoms with E-state index in [2.05, 4.69) is 5.10 Å². The molecule has 1 aromatic heterocycles. The van der Waals surface area contributed by atoms with Crippen LogP contribution in [0.1, 0.15) is 5.56 Å². The van der Waals surface area contributed by atoms with E-state index in [1.807, 2.05) is 37.4 Å². The summed E-state index contributed by atoms with van der Waals surface area (Å²) in [5.74, 6) is 0. The van der Waals surface area contributed by atoms with Gasteiger partial charge >= 0.3 is 0 Å². The molecule has 0 atom stereocenters. The number of anilines is 1. The maximum Gasteiger partial charge on any atom is 0.0903 e. The van der Waals surface area contributed by atoms with Crippen LogP contribution < -0.4 is 5.73 Å². The molecule has 1 aromatic carbocycles. The predicted octanol–water partition coefficient (Wildman–Crippen LogP) is 1.76. The van der Waals surface area contributed by atoms with Gasteiger partial charge in [0, 0.05) is 12.4 Å². The van der Waals surface area contributed by atoms with Gasteiger partial charge in [0.15, 0.2) is 0 Å². The average Bonchev–Trinajstić information content (AvgIpc) is 2.57. The Hall–Kier alpha value is -1.77. The molecule has 1 heterocycles. The normalized spacial score (nSPS) is 10.2. The SMILES string of the molecule is Cc1cccc(N)c1-n1cccn1. The van der Waals surface area contributed by atoms with Gasteiger partial charge in [-0.05, 0) is 24.6 Å². The largest absolute Gasteiger partial charge is 0.397 e. The van der Waals surface area contributed by atoms with Crippen molar-refractivity contribution in [1.82, 2.24) is 9.78 Å². The highest BCUT2D eigenvalue weighted by Gasteiger charge is 2.03. The van der Waals surface area contributed by atoms with Crippen LogP contribution in [0.3, 0.4) is 0 Å². The smallest absolute Gasteiger partial charge is 0.0903 e. The Morgan fingerprint density at radius 1 is 1.31 bits per heavy atom. The highest BCUT2D eigenvalue weighted by atomic mass is 15.3. The molecule has 66 valence electrons. The Morgan fingerprint density at radius 2 is 2.15 bits per heavy atom. The maximum atomic E-state index is 5.85. The highest BCUT2D eigenvalue weighted by molar-refractivity contribution is 5.61. The zero-order valence-corrected chi connectivity index (χ0v) is 7.44. The van der Waals surface area contributed by atoms with Crippen LogP contribution >= 0.6 is 0 Å². The molecule has 13 heavy (non-hydrogen) atoms. The second-order valence-electron chi connectivity index (χ2n) is 2.96. The summed E-state index contributed by atoms with van der Waals surface area (Å²) in [4.78, 5) is 0. The molecule has 3 heteroatoms. The summed E-state index contributed by atoms with van der Waals surface area (Å²) in [5, 5.41) is 4.14. The summed E-state index contributed by atoms with van der Waals surface area (Å²) in [6, 6.07) is 7.72. The summed E-state index contributed by atoms with van der Waals surface area (Å²) in [5.41, 5.74) is 8.70. The lowest BCUT2D eigenvalue weighted by atomic mass is 10.2. The fourth-order valence-electron chi connectivity index (χ4n) is 1.40. The Labute approximate surface area is 76.8 Å². The highest BCUT2D eigenvalue weighted by Crippen LogP contribution is 2.19. The molecule has 0 saturated heterocycles. The Balaban J connectivity index is 2.64. The van der Waals surface area contributed by atoms with Crippen LogP contribution in [0.2, 0.25) is 0 Å². The van der Waals surface area contributed by atoms with E-state index in [1.165, 1.54) is 0 Å². The number of nitrogen functional groups attached to an aromatic ring is 1. The first-order valence-electron chi connectivity index (χ1n) is 4.14. The predicted molar refractivity (Wildman–Crippen MR) is 52.7 cm³/mol. The molecule has 0 bridgehead atoms. The van der Waals surface area contributed by atoms with E-state index < -0.39 is 0 Å². The summed E-state index contributed by atoms with van der Waals surface area (Å²) in [6.45, 7) is 2.02. The molecule has 2 N–H and O–H groups in total. The first kappa shape index (κ1) is 7.86. The van der Waals surface area contributed by atoms with Gasteiger partial charge < -0.3 is 5.73 Å². The van der Waals surface area contributed by atoms with Gasteiger partial charge in [0.25, 0.3) is 0 Å². The van der Waals surface area contributed by atoms with Crippen molar-refractivity contribution in [2.24, 2.45) is 0 Å². The molecule has 0 aliphatic carbocycles. The molecule has 0 saturated carbocycles. The van der Waals surface area contributed by atoms with Gasteiger partial charge in [-0.3, -0.25) is 0 Å². The molecule has 0 aliphatic rings. The molecule has 2 rings (SSSR count). The minimum absolute atomic E-state index is 0.753. The van der Waals surface area contributed by atoms with Gasteiger partial charge in [-0.1, -0.05) is 12.1 Å². The van der Waals surface area contributed by atoms with Gasteiger partial charge in [0.1, 0.15) is 0 Å². The van der Waals surface area contributed by atoms with Crippen LogP contribution in [0.4, 0.5) is 5.69 Å². The number of para-hydroxylation sites is 1. The van der Waals surface area contributed by atoms with Crippen molar-refractivity contribution in [3.8, 4) is 5.69 Å². The Bertz CT molecular complexity index is 384. The van der Waals surface area contributed by atoms with Crippen molar-refractivity contribution in [2.75, 3.05) is 5.73 Å². The lowest BCUT2D eigenvalue weighted by molar-refractivity contribution is 0.875. The number of rotatable bonds is 1. The van der Waals surface area contributed by atoms with Crippen molar-refractivity contribution < 1.29 is 0 Å². The van der Waals surface area contributed by atoms with E-state index in [-0.39, 0.29) is 0 Å². The lowest BCUT2D eigenvalue weighted by Crippen LogP contribution is -2.02. The molecular formula is C10H11N3. The van der Waals surface area contributed by atoms with Gasteiger partial charge in [0.2, 0.25) is 0 Å². The van der Waals surface area contributed by atoms with Gasteiger partial charge in [0.05, 0.1) is 11.4 Å². The number of benzene rings is 1. The first-order chi connectivity index (χ1) is 6.29. The van der Waals surface area contributed by atoms with E-state index in [4.69, 9.17) is 5.73 Å². The molecular weight excluding hydrogens is 162 g/mol. The third-order valence-electron chi connectivity index (χ3n) is 2.00. The van der Waals surface area contributed by atoms with E-state index in [0.717, 1.165) is 16.9 Å². The third kappa shape index (κ3) is 1.28. The zero-order chi connectivity index (χ0) is 9.26. The van der Waals surface area contributed by atoms with Crippen molar-refractivity contribution >= 4 is 5.69 Å². The van der Waals surface area contributed by atoms with Crippen molar-refractivity contribution in [2.45, 2.75) is 6.92 Å². The van der Waals surface area contributed by atoms with Gasteiger partial charge in [-0.15, -0.1) is 0 Å². The van der Waals surface area contributed by atoms with Crippen LogP contribution in [-0.4, -0.2) is 9.78 Å². The van der Waals surface area contributed by atoms with Crippen molar-refractivity contribution in [3.05, 3.63) is 42.2 Å². The second kappa shape index (κ2) is 2.94. The molecule has 0 spiro atoms. The van der Waals surface area contributed by atoms with E-state index >= 15 is 0 Å². The number of nitrogens with two attached hydrogens (primary N) is 1. The summed E-state index contributed by atoms with van der Waals surface area (Å²) in [6.07, 6.45) is 3.63. The van der Waals surface area contributed by atoms with Crippen LogP contribution in [0.5, 0.6) is 0 Å². The minimum atomic E-state index is 0.753. The minimum Gasteiger partial charge on any atom is -0.397 e. The second-order valence-corrected chi connectivity index (χ2v) is 2.96. The number of aromatic nitrogens is 2. The molecule has 0 unspecified atom stereocenters. The fourth-order valence-corrected chi connectivity index (χ4v) is 1.40. The topological polar surface area (TPSA) is 43.8 Å². The van der Waals surface area contributed by atoms with Crippen molar-refractivity contribution in [1.29, 1.82) is 0 Å². The standard InChI is InChI=1S/C10H11N3/c1-8-4-2-5-9(11)10(8)13-7-3-6-12-13/h2-7H,11H2,1H3. The lowest BCUT2D eigenvalue weighted by Gasteiger charge is -2.08. The average molecular weight is 173 g/mol. The van der Waals surface area contributed by atoms with Crippen LogP contribution in [0, 0.1) is 6.92 Å². The molecule has 0 fully saturated rings. The monoisotopic (exact) mass is 173 g/mol. The number of nitrogens with zero attached hydrogens (tertiary/aromatic N) is 2. The molecule has 0 radical (unpaired) electrons. The molecule has 2 aromatic rings.